The number of azo groups is 1. The van der Waals surface area contributed by atoms with Gasteiger partial charge in [-0.05, 0) is 78.6 Å². The number of nitrogens with zero attached hydrogens (tertiary/aromatic N) is 2. The van der Waals surface area contributed by atoms with E-state index in [0.717, 1.165) is 34.0 Å². The molecule has 0 unspecified atom stereocenters. The second-order valence-corrected chi connectivity index (χ2v) is 10.7. The van der Waals surface area contributed by atoms with Crippen LogP contribution in [0.1, 0.15) is 21.5 Å². The molecule has 200 valence electrons. The van der Waals surface area contributed by atoms with Crippen LogP contribution in [-0.2, 0) is 10.1 Å². The SMILES string of the molecule is Cc1cc(-c2ccc(NC(=O)c3ccccc3)c(C)c2)ccc1N=Nc1cc(S(=O)(=O)O)c2ccccc2c1O. The molecule has 0 aromatic heterocycles. The minimum Gasteiger partial charge on any atom is -0.505 e. The first kappa shape index (κ1) is 26.7. The van der Waals surface area contributed by atoms with E-state index in [1.165, 1.54) is 6.07 Å². The van der Waals surface area contributed by atoms with Crippen LogP contribution in [0.2, 0.25) is 0 Å². The summed E-state index contributed by atoms with van der Waals surface area (Å²) in [6, 6.07) is 27.8. The van der Waals surface area contributed by atoms with Gasteiger partial charge in [0.25, 0.3) is 16.0 Å². The van der Waals surface area contributed by atoms with Crippen LogP contribution in [0.5, 0.6) is 5.75 Å². The lowest BCUT2D eigenvalue weighted by Gasteiger charge is -2.11. The third kappa shape index (κ3) is 5.47. The highest BCUT2D eigenvalue weighted by Gasteiger charge is 2.19. The number of rotatable bonds is 6. The Morgan fingerprint density at radius 1 is 0.725 bits per heavy atom. The van der Waals surface area contributed by atoms with Crippen molar-refractivity contribution in [3.05, 3.63) is 114 Å². The Kier molecular flexibility index (Phi) is 7.17. The summed E-state index contributed by atoms with van der Waals surface area (Å²) in [7, 11) is -4.56. The van der Waals surface area contributed by atoms with E-state index in [0.29, 0.717) is 11.3 Å². The Morgan fingerprint density at radius 2 is 1.32 bits per heavy atom. The van der Waals surface area contributed by atoms with Gasteiger partial charge >= 0.3 is 0 Å². The molecule has 0 aliphatic heterocycles. The number of aromatic hydroxyl groups is 1. The van der Waals surface area contributed by atoms with Gasteiger partial charge in [0.2, 0.25) is 0 Å². The Balaban J connectivity index is 1.41. The zero-order valence-corrected chi connectivity index (χ0v) is 22.5. The highest BCUT2D eigenvalue weighted by atomic mass is 32.2. The van der Waals surface area contributed by atoms with Crippen LogP contribution in [0.25, 0.3) is 21.9 Å². The number of aryl methyl sites for hydroxylation is 2. The van der Waals surface area contributed by atoms with E-state index in [-0.39, 0.29) is 33.0 Å². The fourth-order valence-electron chi connectivity index (χ4n) is 4.42. The van der Waals surface area contributed by atoms with Gasteiger partial charge in [0.05, 0.1) is 5.69 Å². The van der Waals surface area contributed by atoms with Crippen molar-refractivity contribution in [1.82, 2.24) is 0 Å². The van der Waals surface area contributed by atoms with Gasteiger partial charge in [-0.2, -0.15) is 13.5 Å². The van der Waals surface area contributed by atoms with Crippen molar-refractivity contribution >= 4 is 43.9 Å². The molecule has 1 amide bonds. The van der Waals surface area contributed by atoms with Crippen LogP contribution < -0.4 is 5.32 Å². The molecule has 8 nitrogen and oxygen atoms in total. The minimum atomic E-state index is -4.56. The first-order valence-corrected chi connectivity index (χ1v) is 13.8. The maximum Gasteiger partial charge on any atom is 0.295 e. The zero-order valence-electron chi connectivity index (χ0n) is 21.7. The summed E-state index contributed by atoms with van der Waals surface area (Å²) in [5.74, 6) is -0.417. The fraction of sp³-hybridized carbons (Fsp3) is 0.0645. The van der Waals surface area contributed by atoms with E-state index in [1.54, 1.807) is 36.4 Å². The molecule has 0 fully saturated rings. The molecule has 0 spiro atoms. The Labute approximate surface area is 231 Å². The van der Waals surface area contributed by atoms with E-state index < -0.39 is 10.1 Å². The second kappa shape index (κ2) is 10.7. The molecule has 3 N–H and O–H groups in total. The first-order chi connectivity index (χ1) is 19.1. The largest absolute Gasteiger partial charge is 0.505 e. The molecule has 9 heteroatoms. The summed E-state index contributed by atoms with van der Waals surface area (Å²) in [4.78, 5) is 12.2. The lowest BCUT2D eigenvalue weighted by molar-refractivity contribution is 0.102. The number of carbonyl (C=O) groups is 1. The van der Waals surface area contributed by atoms with Gasteiger partial charge in [-0.15, -0.1) is 5.11 Å². The summed E-state index contributed by atoms with van der Waals surface area (Å²) < 4.78 is 33.6. The van der Waals surface area contributed by atoms with Crippen LogP contribution in [-0.4, -0.2) is 24.0 Å². The third-order valence-electron chi connectivity index (χ3n) is 6.54. The number of anilines is 1. The molecule has 5 aromatic carbocycles. The van der Waals surface area contributed by atoms with Crippen molar-refractivity contribution in [2.75, 3.05) is 5.32 Å². The summed E-state index contributed by atoms with van der Waals surface area (Å²) in [6.07, 6.45) is 0. The van der Waals surface area contributed by atoms with Crippen molar-refractivity contribution in [1.29, 1.82) is 0 Å². The van der Waals surface area contributed by atoms with Crippen LogP contribution in [0, 0.1) is 13.8 Å². The molecule has 5 rings (SSSR count). The Bertz CT molecular complexity index is 1900. The van der Waals surface area contributed by atoms with Gasteiger partial charge in [0, 0.05) is 22.0 Å². The van der Waals surface area contributed by atoms with Gasteiger partial charge in [0.15, 0.2) is 5.75 Å². The maximum atomic E-state index is 12.5. The molecule has 0 saturated carbocycles. The molecule has 0 aliphatic carbocycles. The molecule has 0 radical (unpaired) electrons. The van der Waals surface area contributed by atoms with Gasteiger partial charge in [-0.3, -0.25) is 9.35 Å². The number of nitrogens with one attached hydrogen (secondary N) is 1. The standard InChI is InChI=1S/C31H25N3O5S/c1-19-16-22(12-14-26(19)32-31(36)21-8-4-3-5-9-21)23-13-15-27(20(2)17-23)33-34-28-18-29(40(37,38)39)24-10-6-7-11-25(24)30(28)35/h3-18,35H,1-2H3,(H,32,36)(H,37,38,39). The topological polar surface area (TPSA) is 128 Å². The van der Waals surface area contributed by atoms with Crippen LogP contribution >= 0.6 is 0 Å². The smallest absolute Gasteiger partial charge is 0.295 e. The summed E-state index contributed by atoms with van der Waals surface area (Å²) in [5, 5.41) is 22.4. The minimum absolute atomic E-state index is 0.0847. The molecular weight excluding hydrogens is 526 g/mol. The predicted octanol–water partition coefficient (Wildman–Crippen LogP) is 7.74. The number of hydrogen-bond donors (Lipinski definition) is 3. The van der Waals surface area contributed by atoms with Crippen LogP contribution in [0.4, 0.5) is 17.1 Å². The molecule has 0 heterocycles. The van der Waals surface area contributed by atoms with Crippen molar-refractivity contribution < 1.29 is 22.9 Å². The third-order valence-corrected chi connectivity index (χ3v) is 7.44. The fourth-order valence-corrected chi connectivity index (χ4v) is 5.14. The predicted molar refractivity (Wildman–Crippen MR) is 155 cm³/mol. The van der Waals surface area contributed by atoms with Gasteiger partial charge in [-0.1, -0.05) is 54.6 Å². The molecule has 0 atom stereocenters. The average Bonchev–Trinajstić information content (AvgIpc) is 2.94. The molecule has 0 saturated heterocycles. The molecule has 0 bridgehead atoms. The van der Waals surface area contributed by atoms with E-state index in [9.17, 15) is 22.9 Å². The number of hydrogen-bond acceptors (Lipinski definition) is 6. The van der Waals surface area contributed by atoms with Crippen molar-refractivity contribution in [3.8, 4) is 16.9 Å². The van der Waals surface area contributed by atoms with Crippen molar-refractivity contribution in [2.24, 2.45) is 10.2 Å². The number of benzene rings is 5. The second-order valence-electron chi connectivity index (χ2n) is 9.31. The number of phenolic OH excluding ortho intramolecular Hbond substituents is 1. The van der Waals surface area contributed by atoms with Crippen molar-refractivity contribution in [3.63, 3.8) is 0 Å². The summed E-state index contributed by atoms with van der Waals surface area (Å²) in [5.41, 5.74) is 5.33. The highest BCUT2D eigenvalue weighted by Crippen LogP contribution is 2.40. The maximum absolute atomic E-state index is 12.5. The normalized spacial score (nSPS) is 11.7. The van der Waals surface area contributed by atoms with Gasteiger partial charge < -0.3 is 10.4 Å². The van der Waals surface area contributed by atoms with Crippen LogP contribution in [0.15, 0.2) is 112 Å². The summed E-state index contributed by atoms with van der Waals surface area (Å²) in [6.45, 7) is 3.79. The average molecular weight is 552 g/mol. The van der Waals surface area contributed by atoms with Gasteiger partial charge in [0.1, 0.15) is 10.6 Å². The Morgan fingerprint density at radius 3 is 1.98 bits per heavy atom. The van der Waals surface area contributed by atoms with E-state index in [1.807, 2.05) is 62.4 Å². The Hall–Kier alpha value is -4.86. The number of fused-ring (bicyclic) bond motifs is 1. The van der Waals surface area contributed by atoms with E-state index in [4.69, 9.17) is 0 Å². The molecule has 40 heavy (non-hydrogen) atoms. The van der Waals surface area contributed by atoms with Crippen molar-refractivity contribution in [2.45, 2.75) is 18.7 Å². The molecular formula is C31H25N3O5S. The number of phenols is 1. The molecule has 0 aliphatic rings. The quantitative estimate of drug-likeness (QED) is 0.147. The van der Waals surface area contributed by atoms with E-state index in [2.05, 4.69) is 15.5 Å². The highest BCUT2D eigenvalue weighted by molar-refractivity contribution is 7.86. The monoisotopic (exact) mass is 551 g/mol. The van der Waals surface area contributed by atoms with E-state index >= 15 is 0 Å². The summed E-state index contributed by atoms with van der Waals surface area (Å²) >= 11 is 0. The van der Waals surface area contributed by atoms with Gasteiger partial charge in [-0.25, -0.2) is 0 Å². The lowest BCUT2D eigenvalue weighted by atomic mass is 10.00. The zero-order chi connectivity index (χ0) is 28.4. The molecule has 5 aromatic rings. The number of amides is 1. The number of carbonyl (C=O) groups excluding carboxylic acids is 1. The van der Waals surface area contributed by atoms with Crippen LogP contribution in [0.3, 0.4) is 0 Å². The first-order valence-electron chi connectivity index (χ1n) is 12.3. The lowest BCUT2D eigenvalue weighted by Crippen LogP contribution is -2.12.